The zero-order valence-electron chi connectivity index (χ0n) is 16.0. The van der Waals surface area contributed by atoms with E-state index in [0.29, 0.717) is 32.7 Å². The van der Waals surface area contributed by atoms with Crippen LogP contribution in [-0.4, -0.2) is 79.1 Å². The Bertz CT molecular complexity index is 667. The maximum Gasteiger partial charge on any atom is 0.315 e. The molecule has 0 radical (unpaired) electrons. The lowest BCUT2D eigenvalue weighted by Gasteiger charge is -2.34. The first kappa shape index (κ1) is 20.1. The van der Waals surface area contributed by atoms with Crippen molar-refractivity contribution in [3.05, 3.63) is 12.4 Å². The van der Waals surface area contributed by atoms with Gasteiger partial charge in [-0.2, -0.15) is 0 Å². The van der Waals surface area contributed by atoms with Crippen LogP contribution < -0.4 is 20.4 Å². The second-order valence-electron chi connectivity index (χ2n) is 7.02. The van der Waals surface area contributed by atoms with Gasteiger partial charge in [-0.1, -0.05) is 0 Å². The van der Waals surface area contributed by atoms with Crippen LogP contribution in [0.4, 0.5) is 16.4 Å². The van der Waals surface area contributed by atoms with Crippen LogP contribution in [0.3, 0.4) is 0 Å². The summed E-state index contributed by atoms with van der Waals surface area (Å²) in [4.78, 5) is 35.7. The molecule has 0 spiro atoms. The molecule has 0 aromatic carbocycles. The summed E-state index contributed by atoms with van der Waals surface area (Å²) in [6, 6.07) is 1.77. The SMILES string of the molecule is O=C(O)CCCNC(=O)NC1CCCN(c2cc(N3CCOCC3)ncn2)C1. The lowest BCUT2D eigenvalue weighted by atomic mass is 10.1. The number of carbonyl (C=O) groups is 2. The Labute approximate surface area is 164 Å². The molecule has 0 bridgehead atoms. The van der Waals surface area contributed by atoms with Crippen molar-refractivity contribution in [3.63, 3.8) is 0 Å². The number of carboxylic acids is 1. The number of hydrogen-bond donors (Lipinski definition) is 3. The zero-order valence-corrected chi connectivity index (χ0v) is 16.0. The van der Waals surface area contributed by atoms with Crippen LogP contribution in [0.1, 0.15) is 25.7 Å². The number of hydrogen-bond acceptors (Lipinski definition) is 7. The van der Waals surface area contributed by atoms with Crippen LogP contribution in [0.15, 0.2) is 12.4 Å². The molecule has 2 amide bonds. The molecule has 10 heteroatoms. The molecule has 0 saturated carbocycles. The van der Waals surface area contributed by atoms with Crippen LogP contribution >= 0.6 is 0 Å². The molecule has 2 aliphatic heterocycles. The molecule has 2 aliphatic rings. The fourth-order valence-corrected chi connectivity index (χ4v) is 3.46. The van der Waals surface area contributed by atoms with Crippen LogP contribution in [0.5, 0.6) is 0 Å². The van der Waals surface area contributed by atoms with E-state index in [1.54, 1.807) is 6.33 Å². The molecule has 3 N–H and O–H groups in total. The first-order chi connectivity index (χ1) is 13.6. The molecule has 3 rings (SSSR count). The lowest BCUT2D eigenvalue weighted by Crippen LogP contribution is -2.51. The van der Waals surface area contributed by atoms with E-state index in [4.69, 9.17) is 9.84 Å². The van der Waals surface area contributed by atoms with Gasteiger partial charge >= 0.3 is 12.0 Å². The normalized spacial score (nSPS) is 19.9. The van der Waals surface area contributed by atoms with Crippen LogP contribution in [0.2, 0.25) is 0 Å². The highest BCUT2D eigenvalue weighted by Gasteiger charge is 2.23. The van der Waals surface area contributed by atoms with Gasteiger partial charge in [0.15, 0.2) is 0 Å². The van der Waals surface area contributed by atoms with Crippen molar-refractivity contribution in [1.82, 2.24) is 20.6 Å². The summed E-state index contributed by atoms with van der Waals surface area (Å²) < 4.78 is 5.39. The molecule has 1 aromatic rings. The third-order valence-corrected chi connectivity index (χ3v) is 4.91. The van der Waals surface area contributed by atoms with E-state index < -0.39 is 5.97 Å². The monoisotopic (exact) mass is 392 g/mol. The van der Waals surface area contributed by atoms with Gasteiger partial charge in [-0.3, -0.25) is 4.79 Å². The first-order valence-electron chi connectivity index (χ1n) is 9.77. The third-order valence-electron chi connectivity index (χ3n) is 4.91. The predicted octanol–water partition coefficient (Wildman–Crippen LogP) is 0.446. The van der Waals surface area contributed by atoms with Gasteiger partial charge in [-0.25, -0.2) is 14.8 Å². The first-order valence-corrected chi connectivity index (χ1v) is 9.77. The molecule has 0 aliphatic carbocycles. The van der Waals surface area contributed by atoms with Crippen molar-refractivity contribution < 1.29 is 19.4 Å². The third kappa shape index (κ3) is 5.95. The van der Waals surface area contributed by atoms with E-state index >= 15 is 0 Å². The van der Waals surface area contributed by atoms with E-state index in [2.05, 4.69) is 30.4 Å². The second-order valence-corrected chi connectivity index (χ2v) is 7.02. The van der Waals surface area contributed by atoms with E-state index in [1.165, 1.54) is 0 Å². The van der Waals surface area contributed by atoms with Crippen LogP contribution in [0, 0.1) is 0 Å². The summed E-state index contributed by atoms with van der Waals surface area (Å²) in [5.74, 6) is 0.913. The smallest absolute Gasteiger partial charge is 0.315 e. The Morgan fingerprint density at radius 3 is 2.68 bits per heavy atom. The van der Waals surface area contributed by atoms with Crippen LogP contribution in [0.25, 0.3) is 0 Å². The highest BCUT2D eigenvalue weighted by atomic mass is 16.5. The van der Waals surface area contributed by atoms with Gasteiger partial charge in [-0.05, 0) is 19.3 Å². The van der Waals surface area contributed by atoms with Gasteiger partial charge in [0.2, 0.25) is 0 Å². The fourth-order valence-electron chi connectivity index (χ4n) is 3.46. The number of carboxylic acid groups (broad SMARTS) is 1. The summed E-state index contributed by atoms with van der Waals surface area (Å²) in [7, 11) is 0. The Balaban J connectivity index is 1.50. The molecule has 1 aromatic heterocycles. The highest BCUT2D eigenvalue weighted by molar-refractivity contribution is 5.74. The minimum Gasteiger partial charge on any atom is -0.481 e. The Morgan fingerprint density at radius 2 is 1.93 bits per heavy atom. The number of piperidine rings is 1. The van der Waals surface area contributed by atoms with Crippen molar-refractivity contribution in [1.29, 1.82) is 0 Å². The number of amides is 2. The molecule has 154 valence electrons. The number of anilines is 2. The van der Waals surface area contributed by atoms with Crippen molar-refractivity contribution in [2.75, 3.05) is 55.7 Å². The number of ether oxygens (including phenoxy) is 1. The number of aliphatic carboxylic acids is 1. The summed E-state index contributed by atoms with van der Waals surface area (Å²) >= 11 is 0. The van der Waals surface area contributed by atoms with Crippen molar-refractivity contribution >= 4 is 23.6 Å². The second kappa shape index (κ2) is 10.1. The van der Waals surface area contributed by atoms with Gasteiger partial charge in [0.05, 0.1) is 13.2 Å². The Morgan fingerprint density at radius 1 is 1.18 bits per heavy atom. The zero-order chi connectivity index (χ0) is 19.8. The summed E-state index contributed by atoms with van der Waals surface area (Å²) in [6.07, 6.45) is 3.93. The predicted molar refractivity (Wildman–Crippen MR) is 104 cm³/mol. The van der Waals surface area contributed by atoms with Gasteiger partial charge in [0, 0.05) is 51.3 Å². The molecular weight excluding hydrogens is 364 g/mol. The molecule has 1 unspecified atom stereocenters. The van der Waals surface area contributed by atoms with Crippen molar-refractivity contribution in [2.24, 2.45) is 0 Å². The van der Waals surface area contributed by atoms with Gasteiger partial charge < -0.3 is 30.3 Å². The lowest BCUT2D eigenvalue weighted by molar-refractivity contribution is -0.137. The number of nitrogens with zero attached hydrogens (tertiary/aromatic N) is 4. The molecule has 1 atom stereocenters. The summed E-state index contributed by atoms with van der Waals surface area (Å²) in [5, 5.41) is 14.3. The molecular formula is C18H28N6O4. The van der Waals surface area contributed by atoms with Gasteiger partial charge in [0.1, 0.15) is 18.0 Å². The number of rotatable bonds is 7. The Kier molecular flexibility index (Phi) is 7.24. The maximum absolute atomic E-state index is 12.0. The summed E-state index contributed by atoms with van der Waals surface area (Å²) in [6.45, 7) is 4.97. The maximum atomic E-state index is 12.0. The largest absolute Gasteiger partial charge is 0.481 e. The highest BCUT2D eigenvalue weighted by Crippen LogP contribution is 2.22. The van der Waals surface area contributed by atoms with Crippen LogP contribution in [-0.2, 0) is 9.53 Å². The average Bonchev–Trinajstić information content (AvgIpc) is 2.72. The van der Waals surface area contributed by atoms with Crippen molar-refractivity contribution in [3.8, 4) is 0 Å². The van der Waals surface area contributed by atoms with E-state index in [1.807, 2.05) is 6.07 Å². The number of nitrogens with one attached hydrogen (secondary N) is 2. The average molecular weight is 392 g/mol. The standard InChI is InChI=1S/C18H28N6O4/c25-17(26)4-1-5-19-18(27)22-14-3-2-6-24(12-14)16-11-15(20-13-21-16)23-7-9-28-10-8-23/h11,13-14H,1-10,12H2,(H,25,26)(H2,19,22,27). The number of morpholine rings is 1. The molecule has 28 heavy (non-hydrogen) atoms. The summed E-state index contributed by atoms with van der Waals surface area (Å²) in [5.41, 5.74) is 0. The van der Waals surface area contributed by atoms with E-state index in [9.17, 15) is 9.59 Å². The molecule has 2 fully saturated rings. The molecule has 3 heterocycles. The van der Waals surface area contributed by atoms with Crippen molar-refractivity contribution in [2.45, 2.75) is 31.7 Å². The fraction of sp³-hybridized carbons (Fsp3) is 0.667. The minimum atomic E-state index is -0.855. The van der Waals surface area contributed by atoms with E-state index in [0.717, 1.165) is 44.1 Å². The quantitative estimate of drug-likeness (QED) is 0.572. The minimum absolute atomic E-state index is 0.0232. The topological polar surface area (TPSA) is 120 Å². The molecule has 2 saturated heterocycles. The Hall–Kier alpha value is -2.62. The number of carbonyl (C=O) groups excluding carboxylic acids is 1. The van der Waals surface area contributed by atoms with Gasteiger partial charge in [0.25, 0.3) is 0 Å². The van der Waals surface area contributed by atoms with Gasteiger partial charge in [-0.15, -0.1) is 0 Å². The van der Waals surface area contributed by atoms with E-state index in [-0.39, 0.29) is 18.5 Å². The number of urea groups is 1. The number of aromatic nitrogens is 2. The molecule has 10 nitrogen and oxygen atoms in total.